The molecule has 0 aliphatic carbocycles. The molecule has 1 aromatic carbocycles. The molecule has 0 atom stereocenters. The molecule has 1 heterocycles. The highest BCUT2D eigenvalue weighted by atomic mass is 127. The molecule has 0 radical (unpaired) electrons. The number of ether oxygens (including phenoxy) is 1. The minimum absolute atomic E-state index is 0. The van der Waals surface area contributed by atoms with Crippen molar-refractivity contribution in [1.82, 2.24) is 15.6 Å². The van der Waals surface area contributed by atoms with Crippen LogP contribution in [0.3, 0.4) is 0 Å². The van der Waals surface area contributed by atoms with Gasteiger partial charge in [-0.15, -0.1) is 24.0 Å². The Labute approximate surface area is 173 Å². The van der Waals surface area contributed by atoms with E-state index in [1.54, 1.807) is 6.20 Å². The lowest BCUT2D eigenvalue weighted by molar-refractivity contribution is 0.240. The SMILES string of the molecule is CCNC(=NCc1ccc(C)cc1OC(C)C)NCc1ccccn1.I. The topological polar surface area (TPSA) is 58.5 Å². The summed E-state index contributed by atoms with van der Waals surface area (Å²) in [7, 11) is 0. The van der Waals surface area contributed by atoms with Crippen molar-refractivity contribution in [2.75, 3.05) is 6.54 Å². The zero-order valence-electron chi connectivity index (χ0n) is 16.0. The maximum Gasteiger partial charge on any atom is 0.191 e. The fourth-order valence-electron chi connectivity index (χ4n) is 2.34. The first-order chi connectivity index (χ1) is 12.1. The predicted octanol–water partition coefficient (Wildman–Crippen LogP) is 4.05. The summed E-state index contributed by atoms with van der Waals surface area (Å²) in [5.74, 6) is 1.67. The molecule has 0 unspecified atom stereocenters. The van der Waals surface area contributed by atoms with Gasteiger partial charge >= 0.3 is 0 Å². The Balaban J connectivity index is 0.00000338. The van der Waals surface area contributed by atoms with Crippen molar-refractivity contribution in [3.63, 3.8) is 0 Å². The molecular formula is C20H29IN4O. The van der Waals surface area contributed by atoms with Crippen LogP contribution in [0.5, 0.6) is 5.75 Å². The van der Waals surface area contributed by atoms with Crippen LogP contribution >= 0.6 is 24.0 Å². The Kier molecular flexibility index (Phi) is 10.0. The van der Waals surface area contributed by atoms with Gasteiger partial charge in [0.15, 0.2) is 5.96 Å². The van der Waals surface area contributed by atoms with Gasteiger partial charge in [-0.25, -0.2) is 4.99 Å². The number of nitrogens with zero attached hydrogens (tertiary/aromatic N) is 2. The Bertz CT molecular complexity index is 689. The van der Waals surface area contributed by atoms with Crippen molar-refractivity contribution in [1.29, 1.82) is 0 Å². The van der Waals surface area contributed by atoms with Crippen LogP contribution in [-0.2, 0) is 13.1 Å². The van der Waals surface area contributed by atoms with Crippen LogP contribution < -0.4 is 15.4 Å². The summed E-state index contributed by atoms with van der Waals surface area (Å²) in [4.78, 5) is 9.00. The fourth-order valence-corrected chi connectivity index (χ4v) is 2.34. The summed E-state index contributed by atoms with van der Waals surface area (Å²) in [6, 6.07) is 12.1. The third-order valence-corrected chi connectivity index (χ3v) is 3.50. The molecule has 0 fully saturated rings. The van der Waals surface area contributed by atoms with E-state index >= 15 is 0 Å². The summed E-state index contributed by atoms with van der Waals surface area (Å²) in [6.45, 7) is 10.2. The van der Waals surface area contributed by atoms with E-state index in [2.05, 4.69) is 52.7 Å². The third-order valence-electron chi connectivity index (χ3n) is 3.50. The Hall–Kier alpha value is -1.83. The average Bonchev–Trinajstić information content (AvgIpc) is 2.59. The first-order valence-electron chi connectivity index (χ1n) is 8.76. The molecule has 0 spiro atoms. The van der Waals surface area contributed by atoms with Crippen molar-refractivity contribution < 1.29 is 4.74 Å². The van der Waals surface area contributed by atoms with Gasteiger partial charge in [0.1, 0.15) is 5.75 Å². The number of rotatable bonds is 7. The van der Waals surface area contributed by atoms with Gasteiger partial charge < -0.3 is 15.4 Å². The molecule has 1 aromatic heterocycles. The lowest BCUT2D eigenvalue weighted by Crippen LogP contribution is -2.37. The van der Waals surface area contributed by atoms with Gasteiger partial charge in [0.05, 0.1) is 24.9 Å². The van der Waals surface area contributed by atoms with E-state index in [1.807, 2.05) is 32.0 Å². The molecule has 0 aliphatic heterocycles. The number of benzene rings is 1. The largest absolute Gasteiger partial charge is 0.491 e. The van der Waals surface area contributed by atoms with Crippen molar-refractivity contribution >= 4 is 29.9 Å². The number of hydrogen-bond acceptors (Lipinski definition) is 3. The molecule has 0 bridgehead atoms. The summed E-state index contributed by atoms with van der Waals surface area (Å²) in [5, 5.41) is 6.58. The van der Waals surface area contributed by atoms with E-state index in [1.165, 1.54) is 5.56 Å². The van der Waals surface area contributed by atoms with Crippen molar-refractivity contribution in [3.05, 3.63) is 59.4 Å². The maximum atomic E-state index is 5.93. The molecule has 0 saturated carbocycles. The molecule has 142 valence electrons. The van der Waals surface area contributed by atoms with Gasteiger partial charge in [0.2, 0.25) is 0 Å². The fraction of sp³-hybridized carbons (Fsp3) is 0.400. The van der Waals surface area contributed by atoms with Gasteiger partial charge in [0, 0.05) is 18.3 Å². The van der Waals surface area contributed by atoms with E-state index in [4.69, 9.17) is 4.74 Å². The van der Waals surface area contributed by atoms with Crippen LogP contribution in [-0.4, -0.2) is 23.6 Å². The number of aryl methyl sites for hydroxylation is 1. The number of nitrogens with one attached hydrogen (secondary N) is 2. The molecule has 5 nitrogen and oxygen atoms in total. The minimum atomic E-state index is 0. The number of halogens is 1. The normalized spacial score (nSPS) is 11.0. The molecule has 2 rings (SSSR count). The van der Waals surface area contributed by atoms with Crippen LogP contribution in [0.25, 0.3) is 0 Å². The highest BCUT2D eigenvalue weighted by molar-refractivity contribution is 14.0. The van der Waals surface area contributed by atoms with Gasteiger partial charge in [0.25, 0.3) is 0 Å². The van der Waals surface area contributed by atoms with Gasteiger partial charge in [-0.1, -0.05) is 18.2 Å². The van der Waals surface area contributed by atoms with E-state index in [0.29, 0.717) is 13.1 Å². The maximum absolute atomic E-state index is 5.93. The molecule has 0 saturated heterocycles. The summed E-state index contributed by atoms with van der Waals surface area (Å²) in [5.41, 5.74) is 3.24. The van der Waals surface area contributed by atoms with Crippen LogP contribution in [0.15, 0.2) is 47.6 Å². The van der Waals surface area contributed by atoms with E-state index in [-0.39, 0.29) is 30.1 Å². The standard InChI is InChI=1S/C20H28N4O.HI/c1-5-21-20(24-14-18-8-6-7-11-22-18)23-13-17-10-9-16(4)12-19(17)25-15(2)3;/h6-12,15H,5,13-14H2,1-4H3,(H2,21,23,24);1H. The molecule has 0 amide bonds. The summed E-state index contributed by atoms with van der Waals surface area (Å²) < 4.78 is 5.93. The molecule has 0 aliphatic rings. The quantitative estimate of drug-likeness (QED) is 0.366. The summed E-state index contributed by atoms with van der Waals surface area (Å²) in [6.07, 6.45) is 1.93. The first-order valence-corrected chi connectivity index (χ1v) is 8.76. The van der Waals surface area contributed by atoms with Crippen molar-refractivity contribution in [2.24, 2.45) is 4.99 Å². The molecule has 6 heteroatoms. The van der Waals surface area contributed by atoms with E-state index in [0.717, 1.165) is 29.5 Å². The Morgan fingerprint density at radius 1 is 1.19 bits per heavy atom. The first kappa shape index (κ1) is 22.2. The molecule has 2 aromatic rings. The third kappa shape index (κ3) is 7.59. The number of hydrogen-bond donors (Lipinski definition) is 2. The Morgan fingerprint density at radius 3 is 2.65 bits per heavy atom. The number of guanidine groups is 1. The molecule has 2 N–H and O–H groups in total. The number of aromatic nitrogens is 1. The number of aliphatic imine (C=N–C) groups is 1. The van der Waals surface area contributed by atoms with Crippen LogP contribution in [0.4, 0.5) is 0 Å². The van der Waals surface area contributed by atoms with E-state index in [9.17, 15) is 0 Å². The summed E-state index contributed by atoms with van der Waals surface area (Å²) >= 11 is 0. The lowest BCUT2D eigenvalue weighted by Gasteiger charge is -2.15. The lowest BCUT2D eigenvalue weighted by atomic mass is 10.1. The second kappa shape index (κ2) is 11.7. The molecular weight excluding hydrogens is 439 g/mol. The highest BCUT2D eigenvalue weighted by Gasteiger charge is 2.07. The number of pyridine rings is 1. The average molecular weight is 468 g/mol. The highest BCUT2D eigenvalue weighted by Crippen LogP contribution is 2.22. The van der Waals surface area contributed by atoms with Crippen molar-refractivity contribution in [2.45, 2.75) is 46.9 Å². The zero-order chi connectivity index (χ0) is 18.1. The van der Waals surface area contributed by atoms with Crippen LogP contribution in [0, 0.1) is 6.92 Å². The van der Waals surface area contributed by atoms with Crippen LogP contribution in [0.1, 0.15) is 37.6 Å². The van der Waals surface area contributed by atoms with Gasteiger partial charge in [-0.05, 0) is 51.5 Å². The monoisotopic (exact) mass is 468 g/mol. The van der Waals surface area contributed by atoms with Crippen molar-refractivity contribution in [3.8, 4) is 5.75 Å². The minimum Gasteiger partial charge on any atom is -0.491 e. The Morgan fingerprint density at radius 2 is 2.00 bits per heavy atom. The van der Waals surface area contributed by atoms with Gasteiger partial charge in [-0.2, -0.15) is 0 Å². The smallest absolute Gasteiger partial charge is 0.191 e. The second-order valence-corrected chi connectivity index (χ2v) is 6.15. The molecule has 26 heavy (non-hydrogen) atoms. The van der Waals surface area contributed by atoms with E-state index < -0.39 is 0 Å². The second-order valence-electron chi connectivity index (χ2n) is 6.15. The predicted molar refractivity (Wildman–Crippen MR) is 118 cm³/mol. The van der Waals surface area contributed by atoms with Gasteiger partial charge in [-0.3, -0.25) is 4.98 Å². The van der Waals surface area contributed by atoms with Crippen LogP contribution in [0.2, 0.25) is 0 Å². The zero-order valence-corrected chi connectivity index (χ0v) is 18.3.